The number of unbranched alkanes of at least 4 members (excludes halogenated alkanes) is 4. The summed E-state index contributed by atoms with van der Waals surface area (Å²) in [7, 11) is 0. The lowest BCUT2D eigenvalue weighted by molar-refractivity contribution is 0.387. The van der Waals surface area contributed by atoms with Crippen LogP contribution >= 0.6 is 0 Å². The minimum absolute atomic E-state index is 0.246. The Morgan fingerprint density at radius 3 is 1.58 bits per heavy atom. The van der Waals surface area contributed by atoms with Crippen molar-refractivity contribution < 1.29 is 0 Å². The highest BCUT2D eigenvalue weighted by Gasteiger charge is 2.39. The summed E-state index contributed by atoms with van der Waals surface area (Å²) in [6.07, 6.45) is 11.7. The van der Waals surface area contributed by atoms with Gasteiger partial charge in [-0.1, -0.05) is 101 Å². The topological polar surface area (TPSA) is 0 Å². The molecule has 0 amide bonds. The molecule has 0 atom stereocenters. The molecule has 1 aliphatic rings. The lowest BCUT2D eigenvalue weighted by Crippen LogP contribution is -2.33. The van der Waals surface area contributed by atoms with E-state index in [1.807, 2.05) is 0 Å². The van der Waals surface area contributed by atoms with Gasteiger partial charge in [-0.05, 0) is 41.5 Å². The van der Waals surface area contributed by atoms with Gasteiger partial charge in [0.1, 0.15) is 0 Å². The molecular formula is C24H32. The van der Waals surface area contributed by atoms with E-state index in [-0.39, 0.29) is 5.41 Å². The van der Waals surface area contributed by atoms with Crippen LogP contribution < -0.4 is 0 Å². The van der Waals surface area contributed by atoms with Crippen molar-refractivity contribution in [3.05, 3.63) is 70.8 Å². The minimum atomic E-state index is 0.246. The van der Waals surface area contributed by atoms with Crippen LogP contribution in [0, 0.1) is 0 Å². The predicted octanol–water partition coefficient (Wildman–Crippen LogP) is 7.04. The van der Waals surface area contributed by atoms with Gasteiger partial charge >= 0.3 is 0 Å². The molecule has 0 heteroatoms. The monoisotopic (exact) mass is 320 g/mol. The van der Waals surface area contributed by atoms with Gasteiger partial charge in [-0.25, -0.2) is 0 Å². The molecule has 0 aliphatic heterocycles. The summed E-state index contributed by atoms with van der Waals surface area (Å²) < 4.78 is 0. The first-order valence-corrected chi connectivity index (χ1v) is 9.98. The quantitative estimate of drug-likeness (QED) is 0.458. The summed E-state index contributed by atoms with van der Waals surface area (Å²) in [4.78, 5) is 0. The normalized spacial score (nSPS) is 14.9. The van der Waals surface area contributed by atoms with Crippen molar-refractivity contribution in [2.45, 2.75) is 77.0 Å². The average molecular weight is 321 g/mol. The highest BCUT2D eigenvalue weighted by molar-refractivity contribution is 5.53. The molecule has 128 valence electrons. The van der Waals surface area contributed by atoms with Crippen molar-refractivity contribution in [1.82, 2.24) is 0 Å². The zero-order chi connectivity index (χ0) is 16.8. The smallest absolute Gasteiger partial charge is 0.0208 e. The second-order valence-electron chi connectivity index (χ2n) is 7.49. The molecule has 0 spiro atoms. The van der Waals surface area contributed by atoms with E-state index in [9.17, 15) is 0 Å². The molecule has 0 aromatic heterocycles. The second-order valence-corrected chi connectivity index (χ2v) is 7.49. The van der Waals surface area contributed by atoms with Crippen LogP contribution in [0.5, 0.6) is 0 Å². The molecule has 2 aromatic carbocycles. The van der Waals surface area contributed by atoms with E-state index >= 15 is 0 Å². The van der Waals surface area contributed by atoms with E-state index < -0.39 is 0 Å². The lowest BCUT2D eigenvalue weighted by atomic mass is 9.62. The van der Waals surface area contributed by atoms with Gasteiger partial charge in [0.15, 0.2) is 0 Å². The van der Waals surface area contributed by atoms with E-state index in [2.05, 4.69) is 62.4 Å². The van der Waals surface area contributed by atoms with Gasteiger partial charge in [-0.3, -0.25) is 0 Å². The van der Waals surface area contributed by atoms with E-state index in [0.29, 0.717) is 0 Å². The summed E-state index contributed by atoms with van der Waals surface area (Å²) >= 11 is 0. The summed E-state index contributed by atoms with van der Waals surface area (Å²) in [6.45, 7) is 4.62. The summed E-state index contributed by atoms with van der Waals surface area (Å²) in [5.41, 5.74) is 6.61. The maximum Gasteiger partial charge on any atom is 0.0208 e. The molecule has 1 aliphatic carbocycles. The van der Waals surface area contributed by atoms with Gasteiger partial charge in [0.25, 0.3) is 0 Å². The maximum atomic E-state index is 2.42. The van der Waals surface area contributed by atoms with Crippen molar-refractivity contribution in [3.63, 3.8) is 0 Å². The zero-order valence-electron chi connectivity index (χ0n) is 15.5. The molecule has 0 nitrogen and oxygen atoms in total. The van der Waals surface area contributed by atoms with Gasteiger partial charge < -0.3 is 0 Å². The van der Waals surface area contributed by atoms with Crippen molar-refractivity contribution in [2.75, 3.05) is 0 Å². The largest absolute Gasteiger partial charge is 0.0654 e. The standard InChI is InChI=1S/C24H32/c1-3-5-11-17-24(18-12-6-4-2)22-15-9-7-13-20(22)19-21-14-8-10-16-23(21)24/h7-10,13-16H,3-6,11-12,17-19H2,1-2H3. The fraction of sp³-hybridized carbons (Fsp3) is 0.500. The van der Waals surface area contributed by atoms with Crippen molar-refractivity contribution in [2.24, 2.45) is 0 Å². The summed E-state index contributed by atoms with van der Waals surface area (Å²) in [6, 6.07) is 18.5. The molecule has 0 saturated carbocycles. The second kappa shape index (κ2) is 8.01. The molecule has 24 heavy (non-hydrogen) atoms. The first-order chi connectivity index (χ1) is 11.8. The van der Waals surface area contributed by atoms with E-state index in [1.165, 1.54) is 51.4 Å². The molecule has 0 unspecified atom stereocenters. The summed E-state index contributed by atoms with van der Waals surface area (Å²) in [5, 5.41) is 0. The highest BCUT2D eigenvalue weighted by Crippen LogP contribution is 2.48. The Morgan fingerprint density at radius 2 is 1.12 bits per heavy atom. The van der Waals surface area contributed by atoms with Crippen LogP contribution in [-0.4, -0.2) is 0 Å². The third kappa shape index (κ3) is 3.29. The van der Waals surface area contributed by atoms with Crippen LogP contribution in [0.1, 0.15) is 87.5 Å². The third-order valence-corrected chi connectivity index (χ3v) is 5.86. The summed E-state index contributed by atoms with van der Waals surface area (Å²) in [5.74, 6) is 0. The van der Waals surface area contributed by atoms with Crippen LogP contribution in [0.15, 0.2) is 48.5 Å². The number of hydrogen-bond acceptors (Lipinski definition) is 0. The Morgan fingerprint density at radius 1 is 0.667 bits per heavy atom. The van der Waals surface area contributed by atoms with Crippen molar-refractivity contribution >= 4 is 0 Å². The highest BCUT2D eigenvalue weighted by atomic mass is 14.4. The van der Waals surface area contributed by atoms with Crippen LogP contribution in [0.25, 0.3) is 0 Å². The third-order valence-electron chi connectivity index (χ3n) is 5.86. The van der Waals surface area contributed by atoms with Crippen LogP contribution in [0.2, 0.25) is 0 Å². The van der Waals surface area contributed by atoms with Gasteiger partial charge in [-0.2, -0.15) is 0 Å². The molecule has 0 saturated heterocycles. The molecule has 0 radical (unpaired) electrons. The molecule has 0 bridgehead atoms. The van der Waals surface area contributed by atoms with Crippen molar-refractivity contribution in [1.29, 1.82) is 0 Å². The lowest BCUT2D eigenvalue weighted by Gasteiger charge is -2.42. The van der Waals surface area contributed by atoms with Gasteiger partial charge in [0.2, 0.25) is 0 Å². The predicted molar refractivity (Wildman–Crippen MR) is 105 cm³/mol. The fourth-order valence-electron chi connectivity index (χ4n) is 4.65. The Labute approximate surface area is 148 Å². The van der Waals surface area contributed by atoms with E-state index in [4.69, 9.17) is 0 Å². The number of rotatable bonds is 8. The Hall–Kier alpha value is -1.56. The van der Waals surface area contributed by atoms with Gasteiger partial charge in [-0.15, -0.1) is 0 Å². The Kier molecular flexibility index (Phi) is 5.76. The Balaban J connectivity index is 2.06. The molecule has 0 heterocycles. The SMILES string of the molecule is CCCCCC1(CCCCC)c2ccccc2Cc2ccccc21. The molecule has 2 aromatic rings. The van der Waals surface area contributed by atoms with E-state index in [0.717, 1.165) is 6.42 Å². The maximum absolute atomic E-state index is 2.42. The zero-order valence-corrected chi connectivity index (χ0v) is 15.5. The molecule has 3 rings (SSSR count). The molecular weight excluding hydrogens is 288 g/mol. The van der Waals surface area contributed by atoms with Crippen molar-refractivity contribution in [3.8, 4) is 0 Å². The fourth-order valence-corrected chi connectivity index (χ4v) is 4.65. The average Bonchev–Trinajstić information content (AvgIpc) is 2.62. The van der Waals surface area contributed by atoms with Crippen LogP contribution in [-0.2, 0) is 11.8 Å². The first-order valence-electron chi connectivity index (χ1n) is 9.98. The minimum Gasteiger partial charge on any atom is -0.0654 e. The number of hydrogen-bond donors (Lipinski definition) is 0. The first kappa shape index (κ1) is 17.3. The van der Waals surface area contributed by atoms with Gasteiger partial charge in [0, 0.05) is 5.41 Å². The van der Waals surface area contributed by atoms with Crippen LogP contribution in [0.4, 0.5) is 0 Å². The molecule has 0 N–H and O–H groups in total. The van der Waals surface area contributed by atoms with Gasteiger partial charge in [0.05, 0.1) is 0 Å². The Bertz CT molecular complexity index is 595. The number of benzene rings is 2. The molecule has 0 fully saturated rings. The van der Waals surface area contributed by atoms with Crippen LogP contribution in [0.3, 0.4) is 0 Å². The number of fused-ring (bicyclic) bond motifs is 2. The van der Waals surface area contributed by atoms with E-state index in [1.54, 1.807) is 22.3 Å².